The smallest absolute Gasteiger partial charge is 0.167 e. The first-order chi connectivity index (χ1) is 8.56. The minimum atomic E-state index is -0.365. The molecule has 0 bridgehead atoms. The normalized spacial score (nSPS) is 10.4. The molecule has 0 spiro atoms. The first-order valence-corrected chi connectivity index (χ1v) is 5.60. The maximum atomic E-state index is 13.1. The summed E-state index contributed by atoms with van der Waals surface area (Å²) in [6.45, 7) is 1.61. The fourth-order valence-electron chi connectivity index (χ4n) is 1.75. The number of Topliss-reactive ketones (excluding diaryl/α,β-unsaturated/α-hetero) is 1. The highest BCUT2D eigenvalue weighted by Crippen LogP contribution is 2.13. The van der Waals surface area contributed by atoms with Crippen molar-refractivity contribution in [2.45, 2.75) is 13.3 Å². The molecule has 0 fully saturated rings. The molecular weight excluding hydrogens is 234 g/mol. The van der Waals surface area contributed by atoms with Crippen molar-refractivity contribution in [2.24, 2.45) is 0 Å². The van der Waals surface area contributed by atoms with Crippen LogP contribution in [-0.4, -0.2) is 5.78 Å². The van der Waals surface area contributed by atoms with Crippen LogP contribution in [0.3, 0.4) is 0 Å². The Morgan fingerprint density at radius 2 is 1.89 bits per heavy atom. The second-order valence-electron chi connectivity index (χ2n) is 4.19. The van der Waals surface area contributed by atoms with Crippen molar-refractivity contribution in [3.63, 3.8) is 0 Å². The van der Waals surface area contributed by atoms with Crippen LogP contribution in [0.4, 0.5) is 8.78 Å². The Kier molecular flexibility index (Phi) is 3.51. The first kappa shape index (κ1) is 12.4. The van der Waals surface area contributed by atoms with Gasteiger partial charge in [-0.3, -0.25) is 4.79 Å². The molecule has 0 heterocycles. The monoisotopic (exact) mass is 246 g/mol. The minimum Gasteiger partial charge on any atom is -0.294 e. The summed E-state index contributed by atoms with van der Waals surface area (Å²) in [5.41, 5.74) is 1.49. The molecular formula is C15H12F2O. The van der Waals surface area contributed by atoms with Crippen molar-refractivity contribution in [3.05, 3.63) is 70.8 Å². The Balaban J connectivity index is 2.19. The van der Waals surface area contributed by atoms with Crippen molar-refractivity contribution in [1.29, 1.82) is 0 Å². The number of aryl methyl sites for hydroxylation is 1. The van der Waals surface area contributed by atoms with E-state index in [0.717, 1.165) is 0 Å². The summed E-state index contributed by atoms with van der Waals surface area (Å²) in [7, 11) is 0. The van der Waals surface area contributed by atoms with E-state index in [9.17, 15) is 13.6 Å². The zero-order valence-electron chi connectivity index (χ0n) is 9.91. The Morgan fingerprint density at radius 3 is 2.56 bits per heavy atom. The fourth-order valence-corrected chi connectivity index (χ4v) is 1.75. The lowest BCUT2D eigenvalue weighted by molar-refractivity contribution is 0.0993. The standard InChI is InChI=1S/C15H12F2O/c1-10-7-12(5-6-14(10)17)15(18)9-11-3-2-4-13(16)8-11/h2-8H,9H2,1H3. The van der Waals surface area contributed by atoms with Gasteiger partial charge in [0.2, 0.25) is 0 Å². The molecule has 0 amide bonds. The molecule has 0 unspecified atom stereocenters. The number of ketones is 1. The number of carbonyl (C=O) groups excluding carboxylic acids is 1. The Labute approximate surface area is 104 Å². The van der Waals surface area contributed by atoms with Gasteiger partial charge in [-0.05, 0) is 48.4 Å². The second kappa shape index (κ2) is 5.08. The van der Waals surface area contributed by atoms with Crippen LogP contribution >= 0.6 is 0 Å². The summed E-state index contributed by atoms with van der Waals surface area (Å²) < 4.78 is 26.1. The third-order valence-corrected chi connectivity index (χ3v) is 2.73. The summed E-state index contributed by atoms with van der Waals surface area (Å²) in [4.78, 5) is 11.9. The van der Waals surface area contributed by atoms with Crippen LogP contribution in [0.2, 0.25) is 0 Å². The Hall–Kier alpha value is -2.03. The zero-order chi connectivity index (χ0) is 13.1. The van der Waals surface area contributed by atoms with E-state index in [1.807, 2.05) is 0 Å². The largest absolute Gasteiger partial charge is 0.294 e. The van der Waals surface area contributed by atoms with Gasteiger partial charge in [-0.2, -0.15) is 0 Å². The van der Waals surface area contributed by atoms with Crippen LogP contribution in [0.1, 0.15) is 21.5 Å². The van der Waals surface area contributed by atoms with Crippen molar-refractivity contribution < 1.29 is 13.6 Å². The number of benzene rings is 2. The molecule has 0 aliphatic heterocycles. The van der Waals surface area contributed by atoms with E-state index in [-0.39, 0.29) is 23.8 Å². The van der Waals surface area contributed by atoms with Crippen molar-refractivity contribution in [1.82, 2.24) is 0 Å². The van der Waals surface area contributed by atoms with Gasteiger partial charge in [0.05, 0.1) is 0 Å². The summed E-state index contributed by atoms with van der Waals surface area (Å²) >= 11 is 0. The van der Waals surface area contributed by atoms with Crippen LogP contribution in [0.25, 0.3) is 0 Å². The third kappa shape index (κ3) is 2.80. The molecule has 1 nitrogen and oxygen atoms in total. The molecule has 0 atom stereocenters. The van der Waals surface area contributed by atoms with Gasteiger partial charge in [0, 0.05) is 12.0 Å². The van der Waals surface area contributed by atoms with E-state index in [1.54, 1.807) is 19.1 Å². The number of carbonyl (C=O) groups is 1. The number of hydrogen-bond acceptors (Lipinski definition) is 1. The number of halogens is 2. The molecule has 2 aromatic rings. The highest BCUT2D eigenvalue weighted by atomic mass is 19.1. The average molecular weight is 246 g/mol. The summed E-state index contributed by atoms with van der Waals surface area (Å²) in [5, 5.41) is 0. The van der Waals surface area contributed by atoms with Crippen LogP contribution in [0.5, 0.6) is 0 Å². The molecule has 0 aliphatic rings. The molecule has 18 heavy (non-hydrogen) atoms. The van der Waals surface area contributed by atoms with Gasteiger partial charge in [0.15, 0.2) is 5.78 Å². The van der Waals surface area contributed by atoms with Gasteiger partial charge in [0.25, 0.3) is 0 Å². The van der Waals surface area contributed by atoms with E-state index in [1.165, 1.54) is 30.3 Å². The Morgan fingerprint density at radius 1 is 1.11 bits per heavy atom. The van der Waals surface area contributed by atoms with Crippen molar-refractivity contribution in [2.75, 3.05) is 0 Å². The molecule has 2 rings (SSSR count). The molecule has 3 heteroatoms. The minimum absolute atomic E-state index is 0.114. The lowest BCUT2D eigenvalue weighted by Crippen LogP contribution is -2.04. The van der Waals surface area contributed by atoms with Gasteiger partial charge < -0.3 is 0 Å². The summed E-state index contributed by atoms with van der Waals surface area (Å²) in [6, 6.07) is 10.1. The van der Waals surface area contributed by atoms with Gasteiger partial charge in [-0.25, -0.2) is 8.78 Å². The molecule has 0 aromatic heterocycles. The summed E-state index contributed by atoms with van der Waals surface area (Å²) in [6.07, 6.45) is 0.114. The number of rotatable bonds is 3. The van der Waals surface area contributed by atoms with Crippen molar-refractivity contribution >= 4 is 5.78 Å². The van der Waals surface area contributed by atoms with Gasteiger partial charge >= 0.3 is 0 Å². The maximum Gasteiger partial charge on any atom is 0.167 e. The third-order valence-electron chi connectivity index (χ3n) is 2.73. The highest BCUT2D eigenvalue weighted by molar-refractivity contribution is 5.97. The van der Waals surface area contributed by atoms with Crippen LogP contribution in [0.15, 0.2) is 42.5 Å². The molecule has 0 saturated heterocycles. The average Bonchev–Trinajstić information content (AvgIpc) is 2.32. The van der Waals surface area contributed by atoms with Crippen LogP contribution < -0.4 is 0 Å². The topological polar surface area (TPSA) is 17.1 Å². The maximum absolute atomic E-state index is 13.1. The van der Waals surface area contributed by atoms with E-state index in [4.69, 9.17) is 0 Å². The van der Waals surface area contributed by atoms with Crippen molar-refractivity contribution in [3.8, 4) is 0 Å². The molecule has 0 radical (unpaired) electrons. The predicted molar refractivity (Wildman–Crippen MR) is 65.6 cm³/mol. The van der Waals surface area contributed by atoms with E-state index < -0.39 is 0 Å². The summed E-state index contributed by atoms with van der Waals surface area (Å²) in [5.74, 6) is -0.850. The molecule has 92 valence electrons. The lowest BCUT2D eigenvalue weighted by atomic mass is 10.0. The lowest BCUT2D eigenvalue weighted by Gasteiger charge is -2.03. The number of hydrogen-bond donors (Lipinski definition) is 0. The predicted octanol–water partition coefficient (Wildman–Crippen LogP) is 3.70. The van der Waals surface area contributed by atoms with E-state index in [0.29, 0.717) is 16.7 Å². The van der Waals surface area contributed by atoms with Gasteiger partial charge in [-0.15, -0.1) is 0 Å². The van der Waals surface area contributed by atoms with Crippen LogP contribution in [-0.2, 0) is 6.42 Å². The molecule has 0 saturated carbocycles. The molecule has 2 aromatic carbocycles. The Bertz CT molecular complexity index is 591. The first-order valence-electron chi connectivity index (χ1n) is 5.60. The van der Waals surface area contributed by atoms with Crippen LogP contribution in [0, 0.1) is 18.6 Å². The molecule has 0 N–H and O–H groups in total. The van der Waals surface area contributed by atoms with Gasteiger partial charge in [-0.1, -0.05) is 12.1 Å². The highest BCUT2D eigenvalue weighted by Gasteiger charge is 2.09. The quantitative estimate of drug-likeness (QED) is 0.755. The molecule has 0 aliphatic carbocycles. The van der Waals surface area contributed by atoms with E-state index in [2.05, 4.69) is 0 Å². The zero-order valence-corrected chi connectivity index (χ0v) is 9.91. The fraction of sp³-hybridized carbons (Fsp3) is 0.133. The SMILES string of the molecule is Cc1cc(C(=O)Cc2cccc(F)c2)ccc1F. The second-order valence-corrected chi connectivity index (χ2v) is 4.19. The van der Waals surface area contributed by atoms with Gasteiger partial charge in [0.1, 0.15) is 11.6 Å². The van der Waals surface area contributed by atoms with E-state index >= 15 is 0 Å².